The van der Waals surface area contributed by atoms with E-state index in [1.807, 2.05) is 6.07 Å². The number of hydrogen-bond acceptors (Lipinski definition) is 9. The lowest BCUT2D eigenvalue weighted by molar-refractivity contribution is -0.143. The summed E-state index contributed by atoms with van der Waals surface area (Å²) in [5, 5.41) is 9.38. The zero-order valence-electron chi connectivity index (χ0n) is 21.6. The molecule has 0 fully saturated rings. The molecule has 1 unspecified atom stereocenters. The third kappa shape index (κ3) is 8.99. The number of ether oxygens (including phenoxy) is 1. The van der Waals surface area contributed by atoms with Gasteiger partial charge in [-0.15, -0.1) is 0 Å². The molecule has 0 spiro atoms. The first-order valence-electron chi connectivity index (χ1n) is 12.2. The Bertz CT molecular complexity index is 1450. The summed E-state index contributed by atoms with van der Waals surface area (Å²) in [5.41, 5.74) is 3.53. The van der Waals surface area contributed by atoms with Crippen molar-refractivity contribution in [1.82, 2.24) is 15.6 Å². The maximum absolute atomic E-state index is 12.7. The Morgan fingerprint density at radius 3 is 2.38 bits per heavy atom. The Labute approximate surface area is 231 Å². The number of amides is 2. The average molecular weight is 568 g/mol. The summed E-state index contributed by atoms with van der Waals surface area (Å²) in [6, 6.07) is 16.7. The lowest BCUT2D eigenvalue weighted by atomic mass is 10.1. The van der Waals surface area contributed by atoms with Crippen LogP contribution < -0.4 is 16.1 Å². The smallest absolute Gasteiger partial charge is 0.328 e. The molecule has 0 aliphatic carbocycles. The number of unbranched alkanes of at least 4 members (excludes halogenated alkanes) is 1. The predicted octanol–water partition coefficient (Wildman–Crippen LogP) is 2.65. The number of hydrogen-bond donors (Lipinski definition) is 4. The van der Waals surface area contributed by atoms with E-state index in [-0.39, 0.29) is 27.7 Å². The molecule has 2 aromatic carbocycles. The second-order valence-corrected chi connectivity index (χ2v) is 9.87. The minimum Gasteiger partial charge on any atom is -0.467 e. The van der Waals surface area contributed by atoms with Gasteiger partial charge in [0, 0.05) is 23.9 Å². The topological polar surface area (TPSA) is 176 Å². The molecular weight excluding hydrogens is 538 g/mol. The van der Waals surface area contributed by atoms with E-state index in [9.17, 15) is 27.4 Å². The van der Waals surface area contributed by atoms with Crippen LogP contribution in [0.3, 0.4) is 0 Å². The number of pyridine rings is 1. The fourth-order valence-corrected chi connectivity index (χ4v) is 4.25. The number of esters is 1. The van der Waals surface area contributed by atoms with Crippen molar-refractivity contribution in [2.75, 3.05) is 19.1 Å². The van der Waals surface area contributed by atoms with Crippen LogP contribution in [0.4, 0.5) is 5.82 Å². The van der Waals surface area contributed by atoms with Crippen molar-refractivity contribution in [3.05, 3.63) is 89.6 Å². The number of hydrazone groups is 1. The van der Waals surface area contributed by atoms with E-state index in [4.69, 9.17) is 4.74 Å². The molecule has 0 radical (unpaired) electrons. The summed E-state index contributed by atoms with van der Waals surface area (Å²) in [4.78, 5) is 40.8. The Morgan fingerprint density at radius 1 is 0.975 bits per heavy atom. The zero-order chi connectivity index (χ0) is 29.0. The summed E-state index contributed by atoms with van der Waals surface area (Å²) >= 11 is 0. The van der Waals surface area contributed by atoms with Gasteiger partial charge in [0.05, 0.1) is 18.9 Å². The molecule has 3 rings (SSSR count). The maximum Gasteiger partial charge on any atom is 0.328 e. The van der Waals surface area contributed by atoms with E-state index in [2.05, 4.69) is 26.1 Å². The van der Waals surface area contributed by atoms with Gasteiger partial charge in [-0.2, -0.15) is 13.5 Å². The summed E-state index contributed by atoms with van der Waals surface area (Å²) in [6.45, 7) is 0.415. The minimum absolute atomic E-state index is 0.168. The van der Waals surface area contributed by atoms with Crippen molar-refractivity contribution >= 4 is 39.9 Å². The number of rotatable bonds is 13. The molecular formula is C27H29N5O7S. The van der Waals surface area contributed by atoms with Crippen molar-refractivity contribution in [3.63, 3.8) is 0 Å². The molecule has 0 saturated carbocycles. The molecule has 1 heterocycles. The summed E-state index contributed by atoms with van der Waals surface area (Å²) in [6.07, 6.45) is 3.95. The van der Waals surface area contributed by atoms with Crippen molar-refractivity contribution in [3.8, 4) is 0 Å². The fourth-order valence-electron chi connectivity index (χ4n) is 3.58. The molecule has 2 amide bonds. The fraction of sp³-hybridized carbons (Fsp3) is 0.222. The Kier molecular flexibility index (Phi) is 10.9. The summed E-state index contributed by atoms with van der Waals surface area (Å²) < 4.78 is 37.1. The van der Waals surface area contributed by atoms with Gasteiger partial charge in [0.2, 0.25) is 0 Å². The van der Waals surface area contributed by atoms with Crippen LogP contribution in [-0.4, -0.2) is 61.6 Å². The van der Waals surface area contributed by atoms with Crippen molar-refractivity contribution in [1.29, 1.82) is 0 Å². The number of anilines is 1. The highest BCUT2D eigenvalue weighted by Gasteiger charge is 2.22. The maximum atomic E-state index is 12.7. The highest BCUT2D eigenvalue weighted by atomic mass is 32.2. The lowest BCUT2D eigenvalue weighted by Crippen LogP contribution is -2.41. The van der Waals surface area contributed by atoms with Gasteiger partial charge in [-0.3, -0.25) is 19.6 Å². The third-order valence-electron chi connectivity index (χ3n) is 5.64. The molecule has 0 saturated heterocycles. The SMILES string of the molecule is COC(=O)C(CCCCNC(=O)c1ccccc1)NC(=O)c1ccc(NN=Cc2ccccc2S(=O)(=O)O)nc1. The molecule has 40 heavy (non-hydrogen) atoms. The molecule has 3 aromatic rings. The van der Waals surface area contributed by atoms with E-state index in [1.54, 1.807) is 30.3 Å². The molecule has 0 bridgehead atoms. The quantitative estimate of drug-likeness (QED) is 0.0795. The lowest BCUT2D eigenvalue weighted by Gasteiger charge is -2.16. The van der Waals surface area contributed by atoms with Gasteiger partial charge in [-0.1, -0.05) is 36.4 Å². The first-order chi connectivity index (χ1) is 19.2. The minimum atomic E-state index is -4.41. The highest BCUT2D eigenvalue weighted by molar-refractivity contribution is 7.86. The zero-order valence-corrected chi connectivity index (χ0v) is 22.4. The first kappa shape index (κ1) is 29.9. The standard InChI is InChI=1S/C27H29N5O7S/c1-39-27(35)22(12-7-8-16-28-25(33)19-9-3-2-4-10-19)31-26(34)21-14-15-24(29-17-21)32-30-18-20-11-5-6-13-23(20)40(36,37)38/h2-6,9-11,13-15,17-18,22H,7-8,12,16H2,1H3,(H,28,33)(H,29,32)(H,31,34)(H,36,37,38). The predicted molar refractivity (Wildman–Crippen MR) is 148 cm³/mol. The van der Waals surface area contributed by atoms with Crippen molar-refractivity contribution in [2.24, 2.45) is 5.10 Å². The normalized spacial score (nSPS) is 11.9. The Hall–Kier alpha value is -4.62. The van der Waals surface area contributed by atoms with Gasteiger partial charge < -0.3 is 15.4 Å². The largest absolute Gasteiger partial charge is 0.467 e. The number of benzene rings is 2. The van der Waals surface area contributed by atoms with Gasteiger partial charge in [-0.25, -0.2) is 9.78 Å². The van der Waals surface area contributed by atoms with E-state index in [0.717, 1.165) is 0 Å². The second-order valence-electron chi connectivity index (χ2n) is 8.48. The number of methoxy groups -OCH3 is 1. The number of aromatic nitrogens is 1. The van der Waals surface area contributed by atoms with Crippen LogP contribution in [0.1, 0.15) is 45.5 Å². The molecule has 4 N–H and O–H groups in total. The van der Waals surface area contributed by atoms with Crippen LogP contribution in [0.2, 0.25) is 0 Å². The van der Waals surface area contributed by atoms with Crippen LogP contribution in [-0.2, 0) is 19.6 Å². The average Bonchev–Trinajstić information content (AvgIpc) is 2.96. The van der Waals surface area contributed by atoms with Crippen LogP contribution >= 0.6 is 0 Å². The third-order valence-corrected chi connectivity index (χ3v) is 6.57. The van der Waals surface area contributed by atoms with Gasteiger partial charge in [0.15, 0.2) is 0 Å². The van der Waals surface area contributed by atoms with Crippen LogP contribution in [0.25, 0.3) is 0 Å². The number of carbonyl (C=O) groups is 3. The van der Waals surface area contributed by atoms with Crippen LogP contribution in [0, 0.1) is 0 Å². The molecule has 1 aromatic heterocycles. The first-order valence-corrected chi connectivity index (χ1v) is 13.7. The van der Waals surface area contributed by atoms with E-state index >= 15 is 0 Å². The second kappa shape index (κ2) is 14.5. The van der Waals surface area contributed by atoms with E-state index in [0.29, 0.717) is 31.4 Å². The van der Waals surface area contributed by atoms with E-state index < -0.39 is 28.0 Å². The monoisotopic (exact) mass is 567 g/mol. The summed E-state index contributed by atoms with van der Waals surface area (Å²) in [7, 11) is -3.18. The number of nitrogens with one attached hydrogen (secondary N) is 3. The Balaban J connectivity index is 1.50. The summed E-state index contributed by atoms with van der Waals surface area (Å²) in [5.74, 6) is -1.04. The number of nitrogens with zero attached hydrogens (tertiary/aromatic N) is 2. The van der Waals surface area contributed by atoms with Gasteiger partial charge in [-0.05, 0) is 49.6 Å². The number of carbonyl (C=O) groups excluding carboxylic acids is 3. The molecule has 13 heteroatoms. The van der Waals surface area contributed by atoms with Gasteiger partial charge >= 0.3 is 5.97 Å². The van der Waals surface area contributed by atoms with Crippen molar-refractivity contribution < 1.29 is 32.1 Å². The van der Waals surface area contributed by atoms with Gasteiger partial charge in [0.1, 0.15) is 16.8 Å². The molecule has 0 aliphatic rings. The van der Waals surface area contributed by atoms with Crippen LogP contribution in [0.15, 0.2) is 82.9 Å². The van der Waals surface area contributed by atoms with Gasteiger partial charge in [0.25, 0.3) is 21.9 Å². The molecule has 12 nitrogen and oxygen atoms in total. The van der Waals surface area contributed by atoms with Crippen LogP contribution in [0.5, 0.6) is 0 Å². The molecule has 210 valence electrons. The molecule has 1 atom stereocenters. The van der Waals surface area contributed by atoms with Crippen molar-refractivity contribution in [2.45, 2.75) is 30.2 Å². The Morgan fingerprint density at radius 2 is 1.70 bits per heavy atom. The van der Waals surface area contributed by atoms with E-state index in [1.165, 1.54) is 49.9 Å². The highest BCUT2D eigenvalue weighted by Crippen LogP contribution is 2.13. The molecule has 0 aliphatic heterocycles.